The van der Waals surface area contributed by atoms with Crippen molar-refractivity contribution in [1.82, 2.24) is 9.62 Å². The molecule has 19 heavy (non-hydrogen) atoms. The van der Waals surface area contributed by atoms with Crippen molar-refractivity contribution in [3.05, 3.63) is 35.4 Å². The van der Waals surface area contributed by atoms with Crippen LogP contribution in [-0.4, -0.2) is 32.4 Å². The molecule has 1 aromatic carbocycles. The maximum absolute atomic E-state index is 12.0. The van der Waals surface area contributed by atoms with Crippen molar-refractivity contribution in [3.8, 4) is 0 Å². The van der Waals surface area contributed by atoms with Crippen LogP contribution >= 0.6 is 0 Å². The van der Waals surface area contributed by atoms with Gasteiger partial charge in [0.25, 0.3) is 0 Å². The lowest BCUT2D eigenvalue weighted by Gasteiger charge is -2.15. The molecule has 0 amide bonds. The van der Waals surface area contributed by atoms with Crippen LogP contribution in [0.3, 0.4) is 0 Å². The molecule has 1 N–H and O–H groups in total. The van der Waals surface area contributed by atoms with Crippen LogP contribution in [0.2, 0.25) is 0 Å². The molecule has 0 aliphatic carbocycles. The van der Waals surface area contributed by atoms with Crippen LogP contribution < -0.4 is 5.32 Å². The molecule has 0 aliphatic rings. The third kappa shape index (κ3) is 5.30. The number of rotatable bonds is 7. The van der Waals surface area contributed by atoms with Crippen molar-refractivity contribution in [2.24, 2.45) is 0 Å². The summed E-state index contributed by atoms with van der Waals surface area (Å²) in [5, 5.41) is 3.33. The van der Waals surface area contributed by atoms with Crippen LogP contribution in [0, 0.1) is 0 Å². The minimum atomic E-state index is -3.20. The molecule has 0 unspecified atom stereocenters. The molecule has 108 valence electrons. The quantitative estimate of drug-likeness (QED) is 0.833. The highest BCUT2D eigenvalue weighted by molar-refractivity contribution is 7.88. The molecular formula is C14H24N2O2S. The van der Waals surface area contributed by atoms with E-state index in [-0.39, 0.29) is 5.75 Å². The van der Waals surface area contributed by atoms with Gasteiger partial charge in [0.15, 0.2) is 0 Å². The fourth-order valence-electron chi connectivity index (χ4n) is 1.67. The lowest BCUT2D eigenvalue weighted by molar-refractivity contribution is 0.485. The molecule has 1 rings (SSSR count). The lowest BCUT2D eigenvalue weighted by Crippen LogP contribution is -2.27. The van der Waals surface area contributed by atoms with Crippen LogP contribution in [0.1, 0.15) is 31.9 Å². The molecule has 0 radical (unpaired) electrons. The molecule has 0 spiro atoms. The Hall–Kier alpha value is -0.910. The summed E-state index contributed by atoms with van der Waals surface area (Å²) in [6, 6.07) is 8.15. The van der Waals surface area contributed by atoms with Gasteiger partial charge < -0.3 is 5.32 Å². The molecule has 1 aromatic rings. The van der Waals surface area contributed by atoms with Gasteiger partial charge in [0.05, 0.1) is 5.75 Å². The van der Waals surface area contributed by atoms with E-state index in [0.29, 0.717) is 12.6 Å². The van der Waals surface area contributed by atoms with Crippen molar-refractivity contribution in [2.45, 2.75) is 39.1 Å². The fourth-order valence-corrected chi connectivity index (χ4v) is 2.88. The average Bonchev–Trinajstić information content (AvgIpc) is 2.35. The molecule has 0 bridgehead atoms. The smallest absolute Gasteiger partial charge is 0.218 e. The number of nitrogens with one attached hydrogen (secondary N) is 1. The standard InChI is InChI=1S/C14H24N2O2S/c1-5-16(4)19(17,18)11-14-8-6-7-13(9-14)10-15-12(2)3/h6-9,12,15H,5,10-11H2,1-4H3. The Morgan fingerprint density at radius 2 is 1.89 bits per heavy atom. The molecule has 4 nitrogen and oxygen atoms in total. The van der Waals surface area contributed by atoms with Crippen molar-refractivity contribution < 1.29 is 8.42 Å². The van der Waals surface area contributed by atoms with Gasteiger partial charge in [0.2, 0.25) is 10.0 Å². The van der Waals surface area contributed by atoms with Crippen LogP contribution in [0.4, 0.5) is 0 Å². The van der Waals surface area contributed by atoms with E-state index in [2.05, 4.69) is 19.2 Å². The fraction of sp³-hybridized carbons (Fsp3) is 0.571. The Kier molecular flexibility index (Phi) is 5.97. The van der Waals surface area contributed by atoms with E-state index in [0.717, 1.165) is 17.7 Å². The van der Waals surface area contributed by atoms with Gasteiger partial charge in [-0.05, 0) is 11.1 Å². The van der Waals surface area contributed by atoms with Crippen LogP contribution in [0.15, 0.2) is 24.3 Å². The van der Waals surface area contributed by atoms with Crippen molar-refractivity contribution in [1.29, 1.82) is 0 Å². The summed E-state index contributed by atoms with van der Waals surface area (Å²) < 4.78 is 25.4. The largest absolute Gasteiger partial charge is 0.310 e. The van der Waals surface area contributed by atoms with Gasteiger partial charge in [-0.2, -0.15) is 0 Å². The lowest BCUT2D eigenvalue weighted by atomic mass is 10.1. The third-order valence-electron chi connectivity index (χ3n) is 2.98. The van der Waals surface area contributed by atoms with Gasteiger partial charge in [-0.1, -0.05) is 45.0 Å². The normalized spacial score (nSPS) is 12.3. The van der Waals surface area contributed by atoms with Crippen LogP contribution in [0.5, 0.6) is 0 Å². The zero-order valence-electron chi connectivity index (χ0n) is 12.2. The van der Waals surface area contributed by atoms with Crippen molar-refractivity contribution in [2.75, 3.05) is 13.6 Å². The molecule has 0 aliphatic heterocycles. The zero-order chi connectivity index (χ0) is 14.5. The molecule has 0 heterocycles. The first-order valence-electron chi connectivity index (χ1n) is 6.60. The van der Waals surface area contributed by atoms with Crippen LogP contribution in [0.25, 0.3) is 0 Å². The Morgan fingerprint density at radius 3 is 2.47 bits per heavy atom. The molecule has 0 saturated carbocycles. The Labute approximate surface area is 116 Å². The van der Waals surface area contributed by atoms with Gasteiger partial charge in [-0.25, -0.2) is 12.7 Å². The van der Waals surface area contributed by atoms with Gasteiger partial charge >= 0.3 is 0 Å². The van der Waals surface area contributed by atoms with Gasteiger partial charge in [-0.3, -0.25) is 0 Å². The van der Waals surface area contributed by atoms with E-state index >= 15 is 0 Å². The summed E-state index contributed by atoms with van der Waals surface area (Å²) in [5.74, 6) is 0.0624. The number of hydrogen-bond donors (Lipinski definition) is 1. The maximum atomic E-state index is 12.0. The summed E-state index contributed by atoms with van der Waals surface area (Å²) >= 11 is 0. The van der Waals surface area contributed by atoms with E-state index < -0.39 is 10.0 Å². The Balaban J connectivity index is 2.77. The number of hydrogen-bond acceptors (Lipinski definition) is 3. The predicted octanol–water partition coefficient (Wildman–Crippen LogP) is 1.97. The Bertz CT molecular complexity index is 498. The summed E-state index contributed by atoms with van der Waals surface area (Å²) in [6.45, 7) is 7.27. The second-order valence-corrected chi connectivity index (χ2v) is 7.10. The average molecular weight is 284 g/mol. The highest BCUT2D eigenvalue weighted by atomic mass is 32.2. The second kappa shape index (κ2) is 7.03. The Morgan fingerprint density at radius 1 is 1.26 bits per heavy atom. The van der Waals surface area contributed by atoms with E-state index in [4.69, 9.17) is 0 Å². The molecule has 0 saturated heterocycles. The van der Waals surface area contributed by atoms with Crippen molar-refractivity contribution in [3.63, 3.8) is 0 Å². The van der Waals surface area contributed by atoms with Gasteiger partial charge in [0, 0.05) is 26.2 Å². The van der Waals surface area contributed by atoms with E-state index in [1.807, 2.05) is 31.2 Å². The number of nitrogens with zero attached hydrogens (tertiary/aromatic N) is 1. The van der Waals surface area contributed by atoms with Crippen molar-refractivity contribution >= 4 is 10.0 Å². The summed E-state index contributed by atoms with van der Waals surface area (Å²) in [4.78, 5) is 0. The predicted molar refractivity (Wildman–Crippen MR) is 79.3 cm³/mol. The molecule has 0 atom stereocenters. The molecule has 0 fully saturated rings. The summed E-state index contributed by atoms with van der Waals surface area (Å²) in [5.41, 5.74) is 1.95. The first-order valence-corrected chi connectivity index (χ1v) is 8.21. The maximum Gasteiger partial charge on any atom is 0.218 e. The summed E-state index contributed by atoms with van der Waals surface area (Å²) in [7, 11) is -1.59. The topological polar surface area (TPSA) is 49.4 Å². The second-order valence-electron chi connectivity index (χ2n) is 5.03. The highest BCUT2D eigenvalue weighted by Gasteiger charge is 2.16. The first kappa shape index (κ1) is 16.1. The molecular weight excluding hydrogens is 260 g/mol. The number of benzene rings is 1. The SMILES string of the molecule is CCN(C)S(=O)(=O)Cc1cccc(CNC(C)C)c1. The minimum Gasteiger partial charge on any atom is -0.310 e. The minimum absolute atomic E-state index is 0.0624. The van der Waals surface area contributed by atoms with E-state index in [9.17, 15) is 8.42 Å². The van der Waals surface area contributed by atoms with Gasteiger partial charge in [0.1, 0.15) is 0 Å². The van der Waals surface area contributed by atoms with E-state index in [1.165, 1.54) is 4.31 Å². The van der Waals surface area contributed by atoms with Crippen LogP contribution in [-0.2, 0) is 22.3 Å². The first-order chi connectivity index (χ1) is 8.85. The number of sulfonamides is 1. The molecule has 0 aromatic heterocycles. The highest BCUT2D eigenvalue weighted by Crippen LogP contribution is 2.11. The monoisotopic (exact) mass is 284 g/mol. The third-order valence-corrected chi connectivity index (χ3v) is 4.88. The van der Waals surface area contributed by atoms with Gasteiger partial charge in [-0.15, -0.1) is 0 Å². The summed E-state index contributed by atoms with van der Waals surface area (Å²) in [6.07, 6.45) is 0. The zero-order valence-corrected chi connectivity index (χ0v) is 13.0. The molecule has 5 heteroatoms. The van der Waals surface area contributed by atoms with E-state index in [1.54, 1.807) is 7.05 Å².